The topological polar surface area (TPSA) is 61.4 Å². The van der Waals surface area contributed by atoms with Gasteiger partial charge in [-0.05, 0) is 24.5 Å². The van der Waals surface area contributed by atoms with Gasteiger partial charge >= 0.3 is 6.18 Å². The zero-order chi connectivity index (χ0) is 16.7. The van der Waals surface area contributed by atoms with Crippen LogP contribution in [-0.4, -0.2) is 36.8 Å². The van der Waals surface area contributed by atoms with Crippen LogP contribution in [0.1, 0.15) is 24.0 Å². The molecule has 0 spiro atoms. The first-order valence-corrected chi connectivity index (χ1v) is 7.68. The van der Waals surface area contributed by atoms with Crippen molar-refractivity contribution in [3.63, 3.8) is 0 Å². The fraction of sp³-hybridized carbons (Fsp3) is 0.562. The number of hydrogen-bond acceptors (Lipinski definition) is 3. The van der Waals surface area contributed by atoms with Crippen molar-refractivity contribution in [3.05, 3.63) is 35.4 Å². The van der Waals surface area contributed by atoms with Crippen LogP contribution >= 0.6 is 0 Å². The Morgan fingerprint density at radius 3 is 2.65 bits per heavy atom. The molecule has 2 fully saturated rings. The Hall–Kier alpha value is -1.60. The standard InChI is InChI=1S/C16H19F3N2O2/c17-16(18,19)12-3-1-2-11(6-12)15(4-5-15)14(23)21-8-10-7-20-9-13(10)22/h1-3,6,10,13,20,22H,4-5,7-9H2,(H,21,23). The number of halogens is 3. The Kier molecular flexibility index (Phi) is 4.10. The smallest absolute Gasteiger partial charge is 0.391 e. The van der Waals surface area contributed by atoms with Gasteiger partial charge in [-0.3, -0.25) is 4.79 Å². The molecule has 1 aromatic rings. The second-order valence-corrected chi connectivity index (χ2v) is 6.36. The number of aliphatic hydroxyl groups is 1. The highest BCUT2D eigenvalue weighted by molar-refractivity contribution is 5.91. The Labute approximate surface area is 132 Å². The summed E-state index contributed by atoms with van der Waals surface area (Å²) in [6.07, 6.45) is -3.82. The van der Waals surface area contributed by atoms with E-state index in [0.717, 1.165) is 12.1 Å². The number of alkyl halides is 3. The molecule has 2 atom stereocenters. The molecule has 1 aromatic carbocycles. The molecular weight excluding hydrogens is 309 g/mol. The van der Waals surface area contributed by atoms with Gasteiger partial charge < -0.3 is 15.7 Å². The molecule has 1 aliphatic heterocycles. The number of β-amino-alcohol motifs (C(OH)–C–C–N with tert-alkyl or cyclic N) is 1. The lowest BCUT2D eigenvalue weighted by molar-refractivity contribution is -0.137. The van der Waals surface area contributed by atoms with Crippen LogP contribution < -0.4 is 10.6 Å². The Balaban J connectivity index is 1.70. The van der Waals surface area contributed by atoms with Crippen LogP contribution in [-0.2, 0) is 16.4 Å². The summed E-state index contributed by atoms with van der Waals surface area (Å²) in [6, 6.07) is 5.00. The van der Waals surface area contributed by atoms with E-state index in [1.54, 1.807) is 6.07 Å². The fourth-order valence-corrected chi connectivity index (χ4v) is 3.09. The van der Waals surface area contributed by atoms with Crippen molar-refractivity contribution in [2.45, 2.75) is 30.5 Å². The maximum Gasteiger partial charge on any atom is 0.416 e. The number of benzene rings is 1. The molecule has 0 radical (unpaired) electrons. The third-order valence-electron chi connectivity index (χ3n) is 4.76. The summed E-state index contributed by atoms with van der Waals surface area (Å²) < 4.78 is 38.5. The first-order chi connectivity index (χ1) is 10.8. The van der Waals surface area contributed by atoms with E-state index in [9.17, 15) is 23.1 Å². The molecule has 1 heterocycles. The maximum absolute atomic E-state index is 12.8. The monoisotopic (exact) mass is 328 g/mol. The van der Waals surface area contributed by atoms with Crippen LogP contribution in [0.25, 0.3) is 0 Å². The van der Waals surface area contributed by atoms with Crippen LogP contribution in [0.4, 0.5) is 13.2 Å². The van der Waals surface area contributed by atoms with E-state index in [2.05, 4.69) is 10.6 Å². The first-order valence-electron chi connectivity index (χ1n) is 7.68. The highest BCUT2D eigenvalue weighted by Crippen LogP contribution is 2.49. The van der Waals surface area contributed by atoms with Gasteiger partial charge in [0.15, 0.2) is 0 Å². The summed E-state index contributed by atoms with van der Waals surface area (Å²) >= 11 is 0. The van der Waals surface area contributed by atoms with Gasteiger partial charge in [-0.2, -0.15) is 13.2 Å². The summed E-state index contributed by atoms with van der Waals surface area (Å²) in [4.78, 5) is 12.5. The Morgan fingerprint density at radius 2 is 2.09 bits per heavy atom. The van der Waals surface area contributed by atoms with E-state index in [4.69, 9.17) is 0 Å². The summed E-state index contributed by atoms with van der Waals surface area (Å²) in [7, 11) is 0. The average Bonchev–Trinajstić information content (AvgIpc) is 3.22. The van der Waals surface area contributed by atoms with E-state index in [-0.39, 0.29) is 11.8 Å². The molecule has 0 aromatic heterocycles. The zero-order valence-electron chi connectivity index (χ0n) is 12.5. The van der Waals surface area contributed by atoms with Gasteiger partial charge in [-0.1, -0.05) is 18.2 Å². The van der Waals surface area contributed by atoms with Gasteiger partial charge in [0, 0.05) is 25.6 Å². The molecule has 0 bridgehead atoms. The van der Waals surface area contributed by atoms with E-state index < -0.39 is 23.3 Å². The van der Waals surface area contributed by atoms with Gasteiger partial charge in [-0.25, -0.2) is 0 Å². The second kappa shape index (κ2) is 5.79. The first kappa shape index (κ1) is 16.3. The lowest BCUT2D eigenvalue weighted by Crippen LogP contribution is -2.40. The van der Waals surface area contributed by atoms with Crippen molar-refractivity contribution < 1.29 is 23.1 Å². The zero-order valence-corrected chi connectivity index (χ0v) is 12.5. The molecule has 23 heavy (non-hydrogen) atoms. The fourth-order valence-electron chi connectivity index (χ4n) is 3.09. The van der Waals surface area contributed by atoms with Crippen LogP contribution in [0.2, 0.25) is 0 Å². The average molecular weight is 328 g/mol. The minimum atomic E-state index is -4.41. The van der Waals surface area contributed by atoms with E-state index in [1.807, 2.05) is 0 Å². The Morgan fingerprint density at radius 1 is 1.35 bits per heavy atom. The predicted octanol–water partition coefficient (Wildman–Crippen LogP) is 1.43. The maximum atomic E-state index is 12.8. The largest absolute Gasteiger partial charge is 0.416 e. The van der Waals surface area contributed by atoms with Gasteiger partial charge in [0.25, 0.3) is 0 Å². The lowest BCUT2D eigenvalue weighted by atomic mass is 9.93. The van der Waals surface area contributed by atoms with E-state index >= 15 is 0 Å². The molecule has 126 valence electrons. The molecule has 3 N–H and O–H groups in total. The normalized spacial score (nSPS) is 26.1. The minimum absolute atomic E-state index is 0.0590. The minimum Gasteiger partial charge on any atom is -0.391 e. The SMILES string of the molecule is O=C(NCC1CNCC1O)C1(c2cccc(C(F)(F)F)c2)CC1. The number of amides is 1. The van der Waals surface area contributed by atoms with Crippen molar-refractivity contribution in [1.82, 2.24) is 10.6 Å². The van der Waals surface area contributed by atoms with Crippen molar-refractivity contribution >= 4 is 5.91 Å². The molecule has 7 heteroatoms. The highest BCUT2D eigenvalue weighted by Gasteiger charge is 2.51. The van der Waals surface area contributed by atoms with Crippen LogP contribution in [0.15, 0.2) is 24.3 Å². The van der Waals surface area contributed by atoms with Crippen molar-refractivity contribution in [2.75, 3.05) is 19.6 Å². The Bertz CT molecular complexity index is 599. The third kappa shape index (κ3) is 3.21. The molecule has 2 aliphatic rings. The predicted molar refractivity (Wildman–Crippen MR) is 77.7 cm³/mol. The number of rotatable bonds is 4. The molecule has 1 saturated heterocycles. The molecule has 1 saturated carbocycles. The number of aliphatic hydroxyl groups excluding tert-OH is 1. The lowest BCUT2D eigenvalue weighted by Gasteiger charge is -2.20. The van der Waals surface area contributed by atoms with Crippen molar-refractivity contribution in [1.29, 1.82) is 0 Å². The summed E-state index contributed by atoms with van der Waals surface area (Å²) in [6.45, 7) is 1.45. The second-order valence-electron chi connectivity index (χ2n) is 6.36. The van der Waals surface area contributed by atoms with Crippen molar-refractivity contribution in [3.8, 4) is 0 Å². The van der Waals surface area contributed by atoms with Crippen molar-refractivity contribution in [2.24, 2.45) is 5.92 Å². The van der Waals surface area contributed by atoms with Crippen LogP contribution in [0.3, 0.4) is 0 Å². The number of nitrogens with one attached hydrogen (secondary N) is 2. The van der Waals surface area contributed by atoms with Gasteiger partial charge in [0.2, 0.25) is 5.91 Å². The molecule has 3 rings (SSSR count). The number of carbonyl (C=O) groups is 1. The van der Waals surface area contributed by atoms with Gasteiger partial charge in [-0.15, -0.1) is 0 Å². The van der Waals surface area contributed by atoms with Gasteiger partial charge in [0.1, 0.15) is 0 Å². The number of hydrogen-bond donors (Lipinski definition) is 3. The van der Waals surface area contributed by atoms with Crippen LogP contribution in [0.5, 0.6) is 0 Å². The van der Waals surface area contributed by atoms with Gasteiger partial charge in [0.05, 0.1) is 17.1 Å². The summed E-state index contributed by atoms with van der Waals surface area (Å²) in [5.41, 5.74) is -1.17. The highest BCUT2D eigenvalue weighted by atomic mass is 19.4. The number of carbonyl (C=O) groups excluding carboxylic acids is 1. The van der Waals surface area contributed by atoms with E-state index in [1.165, 1.54) is 6.07 Å². The summed E-state index contributed by atoms with van der Waals surface area (Å²) in [5, 5.41) is 15.5. The molecule has 4 nitrogen and oxygen atoms in total. The molecule has 1 aliphatic carbocycles. The van der Waals surface area contributed by atoms with E-state index in [0.29, 0.717) is 38.0 Å². The quantitative estimate of drug-likeness (QED) is 0.784. The molecular formula is C16H19F3N2O2. The van der Waals surface area contributed by atoms with Crippen LogP contribution in [0, 0.1) is 5.92 Å². The third-order valence-corrected chi connectivity index (χ3v) is 4.76. The molecule has 1 amide bonds. The summed E-state index contributed by atoms with van der Waals surface area (Å²) in [5.74, 6) is -0.313. The molecule has 2 unspecified atom stereocenters.